The van der Waals surface area contributed by atoms with Gasteiger partial charge in [0.05, 0.1) is 10.6 Å². The molecule has 2 unspecified atom stereocenters. The number of rotatable bonds is 3. The van der Waals surface area contributed by atoms with Crippen molar-refractivity contribution in [2.45, 2.75) is 31.8 Å². The first-order chi connectivity index (χ1) is 15.1. The fourth-order valence-electron chi connectivity index (χ4n) is 4.77. The lowest BCUT2D eigenvalue weighted by molar-refractivity contribution is -0.147. The van der Waals surface area contributed by atoms with E-state index in [1.54, 1.807) is 6.07 Å². The van der Waals surface area contributed by atoms with E-state index >= 15 is 0 Å². The Balaban J connectivity index is 1.20. The van der Waals surface area contributed by atoms with E-state index in [9.17, 15) is 14.0 Å². The van der Waals surface area contributed by atoms with Crippen LogP contribution in [0.5, 0.6) is 0 Å². The van der Waals surface area contributed by atoms with Crippen molar-refractivity contribution in [2.24, 2.45) is 5.92 Å². The smallest absolute Gasteiger partial charge is 0.251 e. The summed E-state index contributed by atoms with van der Waals surface area (Å²) >= 11 is 1.48. The lowest BCUT2D eigenvalue weighted by Gasteiger charge is -2.39. The molecule has 0 aliphatic carbocycles. The van der Waals surface area contributed by atoms with E-state index < -0.39 is 0 Å². The second-order valence-electron chi connectivity index (χ2n) is 8.52. The van der Waals surface area contributed by atoms with Crippen LogP contribution in [-0.2, 0) is 14.3 Å². The first kappa shape index (κ1) is 20.6. The van der Waals surface area contributed by atoms with Gasteiger partial charge in [-0.05, 0) is 37.8 Å². The molecule has 2 amide bonds. The molecule has 4 heterocycles. The minimum atomic E-state index is -0.306. The topological polar surface area (TPSA) is 66.0 Å². The van der Waals surface area contributed by atoms with Gasteiger partial charge in [0, 0.05) is 45.9 Å². The molecule has 5 rings (SSSR count). The maximum atomic E-state index is 14.0. The number of hydrogen-bond donors (Lipinski definition) is 0. The van der Waals surface area contributed by atoms with Crippen molar-refractivity contribution >= 4 is 38.5 Å². The number of carbonyl (C=O) groups is 2. The summed E-state index contributed by atoms with van der Waals surface area (Å²) in [4.78, 5) is 36.1. The maximum absolute atomic E-state index is 14.0. The molecule has 3 fully saturated rings. The summed E-state index contributed by atoms with van der Waals surface area (Å²) in [6.45, 7) is 4.37. The van der Waals surface area contributed by atoms with Crippen LogP contribution in [0.1, 0.15) is 25.7 Å². The predicted octanol–water partition coefficient (Wildman–Crippen LogP) is 2.50. The molecule has 0 spiro atoms. The van der Waals surface area contributed by atoms with Crippen LogP contribution < -0.4 is 4.90 Å². The molecule has 7 nitrogen and oxygen atoms in total. The van der Waals surface area contributed by atoms with Gasteiger partial charge < -0.3 is 19.4 Å². The molecular weight excluding hydrogens is 419 g/mol. The first-order valence-corrected chi connectivity index (χ1v) is 11.9. The normalized spacial score (nSPS) is 24.7. The molecule has 2 atom stereocenters. The lowest BCUT2D eigenvalue weighted by atomic mass is 9.96. The quantitative estimate of drug-likeness (QED) is 0.725. The molecular formula is C22H27FN4O3S. The Morgan fingerprint density at radius 2 is 1.81 bits per heavy atom. The van der Waals surface area contributed by atoms with Crippen LogP contribution in [0.4, 0.5) is 9.52 Å². The van der Waals surface area contributed by atoms with E-state index in [4.69, 9.17) is 4.74 Å². The number of piperazine rings is 1. The van der Waals surface area contributed by atoms with Crippen molar-refractivity contribution in [1.29, 1.82) is 0 Å². The number of hydrogen-bond acceptors (Lipinski definition) is 6. The van der Waals surface area contributed by atoms with Crippen molar-refractivity contribution in [3.05, 3.63) is 24.0 Å². The molecule has 0 radical (unpaired) electrons. The van der Waals surface area contributed by atoms with Crippen LogP contribution in [0.2, 0.25) is 0 Å². The summed E-state index contributed by atoms with van der Waals surface area (Å²) in [5.74, 6) is -0.177. The summed E-state index contributed by atoms with van der Waals surface area (Å²) < 4.78 is 20.4. The van der Waals surface area contributed by atoms with Gasteiger partial charge in [0.1, 0.15) is 17.4 Å². The Morgan fingerprint density at radius 1 is 1.03 bits per heavy atom. The summed E-state index contributed by atoms with van der Waals surface area (Å²) in [7, 11) is 0. The number of ether oxygens (including phenoxy) is 1. The Morgan fingerprint density at radius 3 is 2.52 bits per heavy atom. The maximum Gasteiger partial charge on any atom is 0.251 e. The molecule has 9 heteroatoms. The predicted molar refractivity (Wildman–Crippen MR) is 117 cm³/mol. The van der Waals surface area contributed by atoms with Gasteiger partial charge in [0.15, 0.2) is 5.13 Å². The molecule has 3 aliphatic rings. The van der Waals surface area contributed by atoms with Crippen LogP contribution >= 0.6 is 11.3 Å². The molecule has 1 aromatic carbocycles. The third kappa shape index (κ3) is 4.13. The van der Waals surface area contributed by atoms with E-state index in [-0.39, 0.29) is 29.7 Å². The number of piperidine rings is 1. The van der Waals surface area contributed by atoms with E-state index in [1.165, 1.54) is 17.4 Å². The lowest BCUT2D eigenvalue weighted by Crippen LogP contribution is -2.55. The van der Waals surface area contributed by atoms with Gasteiger partial charge in [0.25, 0.3) is 5.91 Å². The zero-order valence-corrected chi connectivity index (χ0v) is 18.3. The van der Waals surface area contributed by atoms with Crippen LogP contribution in [-0.4, -0.2) is 78.6 Å². The van der Waals surface area contributed by atoms with E-state index in [0.29, 0.717) is 44.8 Å². The Kier molecular flexibility index (Phi) is 5.79. The number of halogens is 1. The van der Waals surface area contributed by atoms with Gasteiger partial charge in [-0.15, -0.1) is 0 Å². The largest absolute Gasteiger partial charge is 0.368 e. The fraction of sp³-hybridized carbons (Fsp3) is 0.591. The molecule has 3 saturated heterocycles. The molecule has 0 saturated carbocycles. The van der Waals surface area contributed by atoms with Crippen LogP contribution in [0.15, 0.2) is 18.2 Å². The standard InChI is InChI=1S/C22H27FN4O3S/c23-16-5-1-7-18-19(16)24-22(31-18)27-8-2-4-15(14-27)20(28)25-9-11-26(12-10-25)21(29)17-6-3-13-30-17/h1,5,7,15,17H,2-4,6,8-14H2. The second-order valence-corrected chi connectivity index (χ2v) is 9.53. The van der Waals surface area contributed by atoms with Gasteiger partial charge in [0.2, 0.25) is 5.91 Å². The number of para-hydroxylation sites is 1. The fourth-order valence-corrected chi connectivity index (χ4v) is 5.79. The highest BCUT2D eigenvalue weighted by molar-refractivity contribution is 7.22. The molecule has 0 N–H and O–H groups in total. The summed E-state index contributed by atoms with van der Waals surface area (Å²) in [6.07, 6.45) is 3.20. The van der Waals surface area contributed by atoms with Crippen molar-refractivity contribution in [3.8, 4) is 0 Å². The van der Waals surface area contributed by atoms with Crippen LogP contribution in [0.3, 0.4) is 0 Å². The average Bonchev–Trinajstić information content (AvgIpc) is 3.49. The van der Waals surface area contributed by atoms with Crippen LogP contribution in [0, 0.1) is 11.7 Å². The average molecular weight is 447 g/mol. The minimum absolute atomic E-state index is 0.0662. The van der Waals surface area contributed by atoms with Gasteiger partial charge in [-0.2, -0.15) is 0 Å². The third-order valence-electron chi connectivity index (χ3n) is 6.51. The van der Waals surface area contributed by atoms with E-state index in [0.717, 1.165) is 42.1 Å². The molecule has 0 bridgehead atoms. The van der Waals surface area contributed by atoms with Crippen molar-refractivity contribution in [1.82, 2.24) is 14.8 Å². The number of aromatic nitrogens is 1. The third-order valence-corrected chi connectivity index (χ3v) is 7.59. The van der Waals surface area contributed by atoms with Crippen molar-refractivity contribution in [3.63, 3.8) is 0 Å². The van der Waals surface area contributed by atoms with Gasteiger partial charge in [-0.1, -0.05) is 17.4 Å². The first-order valence-electron chi connectivity index (χ1n) is 11.1. The zero-order valence-electron chi connectivity index (χ0n) is 17.5. The minimum Gasteiger partial charge on any atom is -0.368 e. The SMILES string of the molecule is O=C(C1CCCN(c2nc3c(F)cccc3s2)C1)N1CCN(C(=O)C2CCCO2)CC1. The van der Waals surface area contributed by atoms with Crippen LogP contribution in [0.25, 0.3) is 10.2 Å². The Labute approximate surface area is 184 Å². The molecule has 1 aromatic heterocycles. The van der Waals surface area contributed by atoms with Gasteiger partial charge in [-0.25, -0.2) is 9.37 Å². The number of carbonyl (C=O) groups excluding carboxylic acids is 2. The number of amides is 2. The molecule has 2 aromatic rings. The summed E-state index contributed by atoms with van der Waals surface area (Å²) in [5.41, 5.74) is 0.406. The Hall–Kier alpha value is -2.26. The number of fused-ring (bicyclic) bond motifs is 1. The Bertz CT molecular complexity index is 969. The van der Waals surface area contributed by atoms with Crippen molar-refractivity contribution in [2.75, 3.05) is 50.8 Å². The van der Waals surface area contributed by atoms with Gasteiger partial charge >= 0.3 is 0 Å². The molecule has 31 heavy (non-hydrogen) atoms. The van der Waals surface area contributed by atoms with E-state index in [2.05, 4.69) is 9.88 Å². The monoisotopic (exact) mass is 446 g/mol. The zero-order chi connectivity index (χ0) is 21.4. The number of thiazole rings is 1. The summed E-state index contributed by atoms with van der Waals surface area (Å²) in [6, 6.07) is 5.01. The van der Waals surface area contributed by atoms with Gasteiger partial charge in [-0.3, -0.25) is 9.59 Å². The second kappa shape index (κ2) is 8.70. The highest BCUT2D eigenvalue weighted by Crippen LogP contribution is 2.33. The number of nitrogens with zero attached hydrogens (tertiary/aromatic N) is 4. The number of benzene rings is 1. The highest BCUT2D eigenvalue weighted by Gasteiger charge is 2.35. The molecule has 3 aliphatic heterocycles. The number of anilines is 1. The van der Waals surface area contributed by atoms with E-state index in [1.807, 2.05) is 15.9 Å². The molecule has 166 valence electrons. The summed E-state index contributed by atoms with van der Waals surface area (Å²) in [5, 5.41) is 0.782. The van der Waals surface area contributed by atoms with Crippen molar-refractivity contribution < 1.29 is 18.7 Å². The highest BCUT2D eigenvalue weighted by atomic mass is 32.1.